The van der Waals surface area contributed by atoms with E-state index in [1.54, 1.807) is 23.2 Å². The summed E-state index contributed by atoms with van der Waals surface area (Å²) in [5.74, 6) is 0.708. The van der Waals surface area contributed by atoms with E-state index < -0.39 is 6.10 Å². The smallest absolute Gasteiger partial charge is 0.328 e. The zero-order valence-corrected chi connectivity index (χ0v) is 18.7. The summed E-state index contributed by atoms with van der Waals surface area (Å²) in [4.78, 5) is 12.1. The molecule has 0 aliphatic rings. The fourth-order valence-electron chi connectivity index (χ4n) is 3.76. The van der Waals surface area contributed by atoms with Gasteiger partial charge >= 0.3 is 5.69 Å². The SMILES string of the molecule is Cc1ccc(CNCc2ccc(OC[C@@H](O)c3ccc4c(c3)n(C)c(=O)n4C)cc2)cc1. The highest BCUT2D eigenvalue weighted by molar-refractivity contribution is 5.77. The molecule has 0 saturated heterocycles. The van der Waals surface area contributed by atoms with Crippen molar-refractivity contribution in [3.05, 3.63) is 99.5 Å². The van der Waals surface area contributed by atoms with Crippen LogP contribution in [0.25, 0.3) is 11.0 Å². The molecule has 0 radical (unpaired) electrons. The molecule has 0 unspecified atom stereocenters. The topological polar surface area (TPSA) is 68.4 Å². The lowest BCUT2D eigenvalue weighted by Gasteiger charge is -2.14. The molecule has 2 N–H and O–H groups in total. The molecule has 0 amide bonds. The monoisotopic (exact) mass is 431 g/mol. The van der Waals surface area contributed by atoms with Crippen molar-refractivity contribution in [2.24, 2.45) is 14.1 Å². The molecule has 0 bridgehead atoms. The number of fused-ring (bicyclic) bond motifs is 1. The van der Waals surface area contributed by atoms with Crippen LogP contribution in [-0.2, 0) is 27.2 Å². The van der Waals surface area contributed by atoms with Crippen molar-refractivity contribution in [3.8, 4) is 5.75 Å². The molecule has 0 aliphatic carbocycles. The Morgan fingerprint density at radius 3 is 2.12 bits per heavy atom. The zero-order valence-electron chi connectivity index (χ0n) is 18.7. The van der Waals surface area contributed by atoms with Crippen molar-refractivity contribution in [2.75, 3.05) is 6.61 Å². The van der Waals surface area contributed by atoms with E-state index in [1.807, 2.05) is 42.5 Å². The number of imidazole rings is 1. The van der Waals surface area contributed by atoms with Gasteiger partial charge in [0.05, 0.1) is 11.0 Å². The number of nitrogens with zero attached hydrogens (tertiary/aromatic N) is 2. The molecule has 32 heavy (non-hydrogen) atoms. The number of ether oxygens (including phenoxy) is 1. The van der Waals surface area contributed by atoms with Gasteiger partial charge in [0.25, 0.3) is 0 Å². The van der Waals surface area contributed by atoms with Crippen LogP contribution in [0.15, 0.2) is 71.5 Å². The Morgan fingerprint density at radius 1 is 0.875 bits per heavy atom. The van der Waals surface area contributed by atoms with Crippen LogP contribution < -0.4 is 15.7 Å². The van der Waals surface area contributed by atoms with E-state index in [0.29, 0.717) is 5.75 Å². The van der Waals surface area contributed by atoms with Crippen LogP contribution in [0.5, 0.6) is 5.75 Å². The fraction of sp³-hybridized carbons (Fsp3) is 0.269. The summed E-state index contributed by atoms with van der Waals surface area (Å²) in [6.07, 6.45) is -0.787. The maximum absolute atomic E-state index is 12.1. The highest BCUT2D eigenvalue weighted by atomic mass is 16.5. The number of hydrogen-bond donors (Lipinski definition) is 2. The van der Waals surface area contributed by atoms with Gasteiger partial charge in [-0.05, 0) is 47.9 Å². The highest BCUT2D eigenvalue weighted by Crippen LogP contribution is 2.21. The van der Waals surface area contributed by atoms with Crippen molar-refractivity contribution in [2.45, 2.75) is 26.1 Å². The van der Waals surface area contributed by atoms with E-state index >= 15 is 0 Å². The third-order valence-corrected chi connectivity index (χ3v) is 5.79. The zero-order chi connectivity index (χ0) is 22.7. The molecule has 1 aromatic heterocycles. The van der Waals surface area contributed by atoms with E-state index in [4.69, 9.17) is 4.74 Å². The lowest BCUT2D eigenvalue weighted by molar-refractivity contribution is 0.108. The maximum Gasteiger partial charge on any atom is 0.328 e. The van der Waals surface area contributed by atoms with Crippen LogP contribution in [0.2, 0.25) is 0 Å². The van der Waals surface area contributed by atoms with Crippen molar-refractivity contribution < 1.29 is 9.84 Å². The Bertz CT molecular complexity index is 1250. The fourth-order valence-corrected chi connectivity index (χ4v) is 3.76. The first kappa shape index (κ1) is 21.9. The Kier molecular flexibility index (Phi) is 6.44. The van der Waals surface area contributed by atoms with Crippen molar-refractivity contribution in [1.82, 2.24) is 14.5 Å². The number of aliphatic hydroxyl groups excluding tert-OH is 1. The second-order valence-corrected chi connectivity index (χ2v) is 8.21. The lowest BCUT2D eigenvalue weighted by atomic mass is 10.1. The van der Waals surface area contributed by atoms with Gasteiger partial charge in [-0.15, -0.1) is 0 Å². The summed E-state index contributed by atoms with van der Waals surface area (Å²) >= 11 is 0. The van der Waals surface area contributed by atoms with Crippen LogP contribution in [0.1, 0.15) is 28.4 Å². The minimum absolute atomic E-state index is 0.0867. The van der Waals surface area contributed by atoms with E-state index in [1.165, 1.54) is 16.7 Å². The number of aliphatic hydroxyl groups is 1. The normalized spacial score (nSPS) is 12.2. The van der Waals surface area contributed by atoms with Crippen LogP contribution in [0.4, 0.5) is 0 Å². The third-order valence-electron chi connectivity index (χ3n) is 5.79. The van der Waals surface area contributed by atoms with Gasteiger partial charge in [-0.25, -0.2) is 4.79 Å². The molecule has 4 rings (SSSR count). The molecule has 0 fully saturated rings. The second kappa shape index (κ2) is 9.42. The molecule has 6 heteroatoms. The summed E-state index contributed by atoms with van der Waals surface area (Å²) in [6, 6.07) is 21.9. The van der Waals surface area contributed by atoms with Gasteiger partial charge in [-0.3, -0.25) is 9.13 Å². The van der Waals surface area contributed by atoms with E-state index in [0.717, 1.165) is 29.7 Å². The number of aromatic nitrogens is 2. The van der Waals surface area contributed by atoms with Crippen molar-refractivity contribution in [1.29, 1.82) is 0 Å². The Morgan fingerprint density at radius 2 is 1.47 bits per heavy atom. The van der Waals surface area contributed by atoms with Crippen LogP contribution in [-0.4, -0.2) is 20.8 Å². The van der Waals surface area contributed by atoms with Crippen LogP contribution >= 0.6 is 0 Å². The first-order valence-electron chi connectivity index (χ1n) is 10.7. The first-order chi connectivity index (χ1) is 15.4. The molecular weight excluding hydrogens is 402 g/mol. The molecule has 1 heterocycles. The number of hydrogen-bond acceptors (Lipinski definition) is 4. The number of nitrogens with one attached hydrogen (secondary N) is 1. The van der Waals surface area contributed by atoms with Gasteiger partial charge in [-0.2, -0.15) is 0 Å². The molecule has 0 aliphatic heterocycles. The number of aryl methyl sites for hydroxylation is 3. The largest absolute Gasteiger partial charge is 0.491 e. The van der Waals surface area contributed by atoms with E-state index in [9.17, 15) is 9.90 Å². The minimum atomic E-state index is -0.787. The van der Waals surface area contributed by atoms with Crippen LogP contribution in [0.3, 0.4) is 0 Å². The minimum Gasteiger partial charge on any atom is -0.491 e. The molecule has 3 aromatic carbocycles. The Hall–Kier alpha value is -3.35. The Balaban J connectivity index is 1.31. The molecule has 0 spiro atoms. The molecule has 166 valence electrons. The van der Waals surface area contributed by atoms with Crippen LogP contribution in [0, 0.1) is 6.92 Å². The van der Waals surface area contributed by atoms with Crippen molar-refractivity contribution in [3.63, 3.8) is 0 Å². The van der Waals surface area contributed by atoms with Gasteiger partial charge in [0, 0.05) is 27.2 Å². The van der Waals surface area contributed by atoms with Gasteiger partial charge < -0.3 is 15.2 Å². The summed E-state index contributed by atoms with van der Waals surface area (Å²) in [5.41, 5.74) is 5.95. The van der Waals surface area contributed by atoms with Gasteiger partial charge in [0.1, 0.15) is 18.5 Å². The maximum atomic E-state index is 12.1. The van der Waals surface area contributed by atoms with Gasteiger partial charge in [0.2, 0.25) is 0 Å². The van der Waals surface area contributed by atoms with Gasteiger partial charge in [-0.1, -0.05) is 48.0 Å². The number of rotatable bonds is 8. The van der Waals surface area contributed by atoms with E-state index in [2.05, 4.69) is 36.5 Å². The summed E-state index contributed by atoms with van der Waals surface area (Å²) < 4.78 is 8.97. The summed E-state index contributed by atoms with van der Waals surface area (Å²) in [6.45, 7) is 3.82. The van der Waals surface area contributed by atoms with Crippen molar-refractivity contribution >= 4 is 11.0 Å². The average Bonchev–Trinajstić information content (AvgIpc) is 3.03. The standard InChI is InChI=1S/C26H29N3O3/c1-18-4-6-19(7-5-18)15-27-16-20-8-11-22(12-9-20)32-17-25(30)21-10-13-23-24(14-21)29(3)26(31)28(23)2/h4-14,25,27,30H,15-17H2,1-3H3/t25-/m1/s1. The number of benzene rings is 3. The average molecular weight is 432 g/mol. The first-order valence-corrected chi connectivity index (χ1v) is 10.7. The molecule has 6 nitrogen and oxygen atoms in total. The Labute approximate surface area is 187 Å². The highest BCUT2D eigenvalue weighted by Gasteiger charge is 2.13. The lowest BCUT2D eigenvalue weighted by Crippen LogP contribution is -2.19. The molecule has 1 atom stereocenters. The molecule has 0 saturated carbocycles. The van der Waals surface area contributed by atoms with Gasteiger partial charge in [0.15, 0.2) is 0 Å². The predicted octanol–water partition coefficient (Wildman–Crippen LogP) is 3.59. The summed E-state index contributed by atoms with van der Waals surface area (Å²) in [5, 5.41) is 14.0. The third kappa shape index (κ3) is 4.77. The molecular formula is C26H29N3O3. The summed E-state index contributed by atoms with van der Waals surface area (Å²) in [7, 11) is 3.47. The molecule has 4 aromatic rings. The predicted molar refractivity (Wildman–Crippen MR) is 127 cm³/mol. The van der Waals surface area contributed by atoms with E-state index in [-0.39, 0.29) is 12.3 Å². The quantitative estimate of drug-likeness (QED) is 0.447. The second-order valence-electron chi connectivity index (χ2n) is 8.21.